The number of hydrogen-bond acceptors (Lipinski definition) is 9. The number of oxazole rings is 1. The van der Waals surface area contributed by atoms with Crippen molar-refractivity contribution in [1.29, 1.82) is 0 Å². The second-order valence-corrected chi connectivity index (χ2v) is 12.9. The van der Waals surface area contributed by atoms with Crippen molar-refractivity contribution in [1.82, 2.24) is 9.71 Å². The number of nitrogens with one attached hydrogen (secondary N) is 1. The molecule has 44 heavy (non-hydrogen) atoms. The summed E-state index contributed by atoms with van der Waals surface area (Å²) in [5.41, 5.74) is 4.11. The van der Waals surface area contributed by atoms with E-state index in [2.05, 4.69) is 9.72 Å². The standard InChI is InChI=1S/C28H29F4N3O8S/c1-28(2,3)12-20(42-27(33)37)23-22(24(36)35-44(38,39)21-9-7-16(29)11-17(21)30)34-25(43-23)15-6-8-18(41-26(31)32)19(10-15)40-13-14-4-5-14/h6-11,14,20,26H,4-5,12-13H2,1-3H3,(H2,33,37)(H,35,36). The molecule has 16 heteroatoms. The van der Waals surface area contributed by atoms with Gasteiger partial charge >= 0.3 is 12.7 Å². The van der Waals surface area contributed by atoms with E-state index in [1.54, 1.807) is 25.5 Å². The fourth-order valence-electron chi connectivity index (χ4n) is 4.08. The van der Waals surface area contributed by atoms with Crippen LogP contribution in [0.25, 0.3) is 11.5 Å². The highest BCUT2D eigenvalue weighted by molar-refractivity contribution is 7.90. The van der Waals surface area contributed by atoms with Gasteiger partial charge in [-0.25, -0.2) is 31.7 Å². The van der Waals surface area contributed by atoms with Gasteiger partial charge in [-0.15, -0.1) is 0 Å². The Balaban J connectivity index is 1.79. The number of benzene rings is 2. The Morgan fingerprint density at radius 1 is 1.11 bits per heavy atom. The van der Waals surface area contributed by atoms with Gasteiger partial charge in [-0.3, -0.25) is 4.79 Å². The second-order valence-electron chi connectivity index (χ2n) is 11.2. The fourth-order valence-corrected chi connectivity index (χ4v) is 5.09. The summed E-state index contributed by atoms with van der Waals surface area (Å²) in [6, 6.07) is 5.35. The van der Waals surface area contributed by atoms with Gasteiger partial charge in [-0.1, -0.05) is 20.8 Å². The summed E-state index contributed by atoms with van der Waals surface area (Å²) in [6.45, 7) is 2.40. The molecule has 0 aliphatic heterocycles. The van der Waals surface area contributed by atoms with Gasteiger partial charge in [0.25, 0.3) is 15.9 Å². The lowest BCUT2D eigenvalue weighted by atomic mass is 9.88. The Labute approximate surface area is 249 Å². The Hall–Kier alpha value is -4.34. The molecule has 1 aromatic heterocycles. The lowest BCUT2D eigenvalue weighted by molar-refractivity contribution is -0.0515. The van der Waals surface area contributed by atoms with E-state index in [1.807, 2.05) is 0 Å². The van der Waals surface area contributed by atoms with Crippen LogP contribution < -0.4 is 19.9 Å². The van der Waals surface area contributed by atoms with Crippen LogP contribution in [0.1, 0.15) is 62.4 Å². The van der Waals surface area contributed by atoms with Crippen LogP contribution >= 0.6 is 0 Å². The van der Waals surface area contributed by atoms with Crippen molar-refractivity contribution >= 4 is 22.0 Å². The summed E-state index contributed by atoms with van der Waals surface area (Å²) in [6.07, 6.45) is -0.764. The molecule has 0 saturated heterocycles. The van der Waals surface area contributed by atoms with E-state index < -0.39 is 68.1 Å². The minimum Gasteiger partial charge on any atom is -0.489 e. The van der Waals surface area contributed by atoms with Crippen molar-refractivity contribution in [3.8, 4) is 23.0 Å². The summed E-state index contributed by atoms with van der Waals surface area (Å²) in [5, 5.41) is 0. The summed E-state index contributed by atoms with van der Waals surface area (Å²) >= 11 is 0. The van der Waals surface area contributed by atoms with Crippen LogP contribution in [0.2, 0.25) is 0 Å². The van der Waals surface area contributed by atoms with E-state index in [-0.39, 0.29) is 41.9 Å². The molecule has 3 aromatic rings. The van der Waals surface area contributed by atoms with E-state index >= 15 is 0 Å². The predicted molar refractivity (Wildman–Crippen MR) is 145 cm³/mol. The molecule has 238 valence electrons. The Morgan fingerprint density at radius 2 is 1.82 bits per heavy atom. The molecule has 1 fully saturated rings. The van der Waals surface area contributed by atoms with Crippen molar-refractivity contribution in [2.24, 2.45) is 17.1 Å². The molecule has 0 spiro atoms. The molecule has 2 amide bonds. The lowest BCUT2D eigenvalue weighted by Crippen LogP contribution is -2.33. The first-order chi connectivity index (χ1) is 20.5. The van der Waals surface area contributed by atoms with Crippen molar-refractivity contribution in [2.75, 3.05) is 6.61 Å². The van der Waals surface area contributed by atoms with Crippen LogP contribution in [0.4, 0.5) is 22.4 Å². The predicted octanol–water partition coefficient (Wildman–Crippen LogP) is 5.70. The smallest absolute Gasteiger partial charge is 0.405 e. The van der Waals surface area contributed by atoms with E-state index in [0.717, 1.165) is 12.8 Å². The maximum atomic E-state index is 14.3. The quantitative estimate of drug-likeness (QED) is 0.236. The summed E-state index contributed by atoms with van der Waals surface area (Å²) in [4.78, 5) is 28.2. The minimum atomic E-state index is -4.91. The van der Waals surface area contributed by atoms with Crippen LogP contribution in [-0.4, -0.2) is 38.6 Å². The number of primary amides is 1. The van der Waals surface area contributed by atoms with Crippen LogP contribution in [-0.2, 0) is 14.8 Å². The molecule has 1 aliphatic carbocycles. The number of rotatable bonds is 12. The number of carbonyl (C=O) groups is 2. The van der Waals surface area contributed by atoms with Crippen molar-refractivity contribution in [3.63, 3.8) is 0 Å². The molecule has 1 heterocycles. The second kappa shape index (κ2) is 12.7. The maximum Gasteiger partial charge on any atom is 0.405 e. The number of ether oxygens (including phenoxy) is 3. The van der Waals surface area contributed by atoms with E-state index in [4.69, 9.17) is 19.6 Å². The molecular formula is C28H29F4N3O8S. The Bertz CT molecular complexity index is 1650. The monoisotopic (exact) mass is 643 g/mol. The van der Waals surface area contributed by atoms with Gasteiger partial charge in [0.15, 0.2) is 29.1 Å². The molecule has 11 nitrogen and oxygen atoms in total. The van der Waals surface area contributed by atoms with Gasteiger partial charge in [0.1, 0.15) is 16.5 Å². The zero-order valence-corrected chi connectivity index (χ0v) is 24.6. The average Bonchev–Trinajstić information content (AvgIpc) is 3.61. The largest absolute Gasteiger partial charge is 0.489 e. The first kappa shape index (κ1) is 32.6. The zero-order valence-electron chi connectivity index (χ0n) is 23.7. The Morgan fingerprint density at radius 3 is 2.41 bits per heavy atom. The van der Waals surface area contributed by atoms with Gasteiger partial charge in [0, 0.05) is 11.6 Å². The number of nitrogens with two attached hydrogens (primary N) is 1. The molecule has 0 bridgehead atoms. The van der Waals surface area contributed by atoms with Gasteiger partial charge in [0.2, 0.25) is 5.89 Å². The number of nitrogens with zero attached hydrogens (tertiary/aromatic N) is 1. The van der Waals surface area contributed by atoms with Crippen LogP contribution in [0.3, 0.4) is 0 Å². The van der Waals surface area contributed by atoms with Gasteiger partial charge < -0.3 is 24.4 Å². The zero-order chi connectivity index (χ0) is 32.4. The average molecular weight is 644 g/mol. The number of sulfonamides is 1. The molecule has 1 unspecified atom stereocenters. The molecule has 4 rings (SSSR count). The van der Waals surface area contributed by atoms with Crippen LogP contribution in [0.5, 0.6) is 11.5 Å². The first-order valence-corrected chi connectivity index (χ1v) is 14.7. The van der Waals surface area contributed by atoms with Gasteiger partial charge in [0.05, 0.1) is 6.61 Å². The van der Waals surface area contributed by atoms with Crippen LogP contribution in [0, 0.1) is 23.0 Å². The number of carbonyl (C=O) groups excluding carboxylic acids is 2. The summed E-state index contributed by atoms with van der Waals surface area (Å²) in [7, 11) is -4.91. The lowest BCUT2D eigenvalue weighted by Gasteiger charge is -2.24. The van der Waals surface area contributed by atoms with Crippen molar-refractivity contribution in [3.05, 3.63) is 59.5 Å². The van der Waals surface area contributed by atoms with Crippen molar-refractivity contribution < 1.29 is 54.2 Å². The van der Waals surface area contributed by atoms with Gasteiger partial charge in [-0.05, 0) is 60.9 Å². The number of amides is 2. The molecule has 2 aromatic carbocycles. The molecule has 0 radical (unpaired) electrons. The molecular weight excluding hydrogens is 614 g/mol. The summed E-state index contributed by atoms with van der Waals surface area (Å²) in [5.74, 6) is -4.74. The van der Waals surface area contributed by atoms with Crippen LogP contribution in [0.15, 0.2) is 45.7 Å². The van der Waals surface area contributed by atoms with E-state index in [0.29, 0.717) is 18.2 Å². The molecule has 1 atom stereocenters. The van der Waals surface area contributed by atoms with E-state index in [9.17, 15) is 35.6 Å². The first-order valence-electron chi connectivity index (χ1n) is 13.2. The number of hydrogen-bond donors (Lipinski definition) is 2. The summed E-state index contributed by atoms with van der Waals surface area (Å²) < 4.78 is 102. The van der Waals surface area contributed by atoms with Gasteiger partial charge in [-0.2, -0.15) is 8.78 Å². The van der Waals surface area contributed by atoms with E-state index in [1.165, 1.54) is 18.2 Å². The molecule has 1 aliphatic rings. The Kier molecular flexibility index (Phi) is 9.41. The highest BCUT2D eigenvalue weighted by Gasteiger charge is 2.35. The molecule has 3 N–H and O–H groups in total. The topological polar surface area (TPSA) is 160 Å². The highest BCUT2D eigenvalue weighted by atomic mass is 32.2. The number of aromatic nitrogens is 1. The maximum absolute atomic E-state index is 14.3. The normalized spacial score (nSPS) is 14.3. The third-order valence-corrected chi connectivity index (χ3v) is 7.57. The molecule has 1 saturated carbocycles. The number of halogens is 4. The highest BCUT2D eigenvalue weighted by Crippen LogP contribution is 2.39. The minimum absolute atomic E-state index is 0.0150. The SMILES string of the molecule is CC(C)(C)CC(OC(N)=O)c1oc(-c2ccc(OC(F)F)c(OCC3CC3)c2)nc1C(=O)NS(=O)(=O)c1ccc(F)cc1F. The third kappa shape index (κ3) is 8.39. The fraction of sp³-hybridized carbons (Fsp3) is 0.393. The third-order valence-electron chi connectivity index (χ3n) is 6.21. The van der Waals surface area contributed by atoms with Crippen molar-refractivity contribution in [2.45, 2.75) is 57.6 Å². The number of alkyl halides is 2.